The zero-order chi connectivity index (χ0) is 21.3. The topological polar surface area (TPSA) is 115 Å². The maximum absolute atomic E-state index is 13.2. The van der Waals surface area contributed by atoms with Gasteiger partial charge in [-0.3, -0.25) is 9.10 Å². The van der Waals surface area contributed by atoms with Crippen LogP contribution in [0.2, 0.25) is 0 Å². The van der Waals surface area contributed by atoms with Crippen LogP contribution >= 0.6 is 0 Å². The molecule has 0 saturated heterocycles. The number of amides is 1. The fourth-order valence-electron chi connectivity index (χ4n) is 3.11. The molecule has 30 heavy (non-hydrogen) atoms. The van der Waals surface area contributed by atoms with Crippen LogP contribution in [0.4, 0.5) is 11.4 Å². The standard InChI is InChI=1S/C21H18N4O4S/c1-25(15-7-3-2-4-8-15)30(28,29)19-10-6-5-9-16(19)20(26)22-14-11-12-17-18(13-14)24-21(27)23-17/h2-13H,1H3,(H,22,26)(H2,23,24,27). The van der Waals surface area contributed by atoms with E-state index in [-0.39, 0.29) is 16.1 Å². The molecular formula is C21H18N4O4S. The number of aromatic amines is 2. The molecule has 1 amide bonds. The summed E-state index contributed by atoms with van der Waals surface area (Å²) in [6.07, 6.45) is 0. The van der Waals surface area contributed by atoms with E-state index in [0.29, 0.717) is 22.4 Å². The number of benzene rings is 3. The van der Waals surface area contributed by atoms with Crippen LogP contribution in [-0.4, -0.2) is 31.3 Å². The van der Waals surface area contributed by atoms with E-state index < -0.39 is 15.9 Å². The van der Waals surface area contributed by atoms with Crippen molar-refractivity contribution in [1.82, 2.24) is 9.97 Å². The quantitative estimate of drug-likeness (QED) is 0.459. The zero-order valence-corrected chi connectivity index (χ0v) is 16.7. The molecular weight excluding hydrogens is 404 g/mol. The molecule has 0 aliphatic heterocycles. The number of H-pyrrole nitrogens is 2. The highest BCUT2D eigenvalue weighted by molar-refractivity contribution is 7.92. The number of nitrogens with zero attached hydrogens (tertiary/aromatic N) is 1. The summed E-state index contributed by atoms with van der Waals surface area (Å²) < 4.78 is 27.5. The predicted molar refractivity (Wildman–Crippen MR) is 115 cm³/mol. The number of imidazole rings is 1. The molecule has 0 spiro atoms. The number of anilines is 2. The average Bonchev–Trinajstić information content (AvgIpc) is 3.13. The normalized spacial score (nSPS) is 11.4. The number of nitrogens with one attached hydrogen (secondary N) is 3. The Hall–Kier alpha value is -3.85. The molecule has 1 aromatic heterocycles. The van der Waals surface area contributed by atoms with Gasteiger partial charge < -0.3 is 15.3 Å². The van der Waals surface area contributed by atoms with E-state index in [0.717, 1.165) is 4.31 Å². The molecule has 1 heterocycles. The number of carbonyl (C=O) groups is 1. The smallest absolute Gasteiger partial charge is 0.322 e. The Morgan fingerprint density at radius 2 is 1.57 bits per heavy atom. The van der Waals surface area contributed by atoms with Gasteiger partial charge in [0.25, 0.3) is 15.9 Å². The van der Waals surface area contributed by atoms with Crippen LogP contribution in [0.5, 0.6) is 0 Å². The summed E-state index contributed by atoms with van der Waals surface area (Å²) in [6.45, 7) is 0. The number of hydrogen-bond acceptors (Lipinski definition) is 4. The van der Waals surface area contributed by atoms with Gasteiger partial charge in [-0.25, -0.2) is 13.2 Å². The van der Waals surface area contributed by atoms with Crippen molar-refractivity contribution >= 4 is 38.3 Å². The summed E-state index contributed by atoms with van der Waals surface area (Å²) in [7, 11) is -2.53. The lowest BCUT2D eigenvalue weighted by Gasteiger charge is -2.21. The van der Waals surface area contributed by atoms with Crippen molar-refractivity contribution in [2.24, 2.45) is 0 Å². The molecule has 0 unspecified atom stereocenters. The van der Waals surface area contributed by atoms with Crippen molar-refractivity contribution in [2.75, 3.05) is 16.7 Å². The molecule has 3 aromatic carbocycles. The molecule has 4 rings (SSSR count). The zero-order valence-electron chi connectivity index (χ0n) is 15.9. The predicted octanol–water partition coefficient (Wildman–Crippen LogP) is 2.93. The molecule has 8 nitrogen and oxygen atoms in total. The van der Waals surface area contributed by atoms with E-state index >= 15 is 0 Å². The summed E-state index contributed by atoms with van der Waals surface area (Å²) in [5, 5.41) is 2.69. The second kappa shape index (κ2) is 7.53. The molecule has 3 N–H and O–H groups in total. The number of carbonyl (C=O) groups excluding carboxylic acids is 1. The van der Waals surface area contributed by atoms with Gasteiger partial charge in [-0.15, -0.1) is 0 Å². The Labute approximate surface area is 172 Å². The second-order valence-corrected chi connectivity index (χ2v) is 8.54. The largest absolute Gasteiger partial charge is 0.323 e. The Balaban J connectivity index is 1.68. The van der Waals surface area contributed by atoms with Crippen LogP contribution in [0.3, 0.4) is 0 Å². The molecule has 0 aliphatic rings. The third kappa shape index (κ3) is 3.58. The first-order valence-corrected chi connectivity index (χ1v) is 10.5. The van der Waals surface area contributed by atoms with Crippen LogP contribution in [0.25, 0.3) is 11.0 Å². The molecule has 0 fully saturated rings. The van der Waals surface area contributed by atoms with Crippen LogP contribution in [-0.2, 0) is 10.0 Å². The fourth-order valence-corrected chi connectivity index (χ4v) is 4.50. The number of para-hydroxylation sites is 1. The average molecular weight is 422 g/mol. The fraction of sp³-hybridized carbons (Fsp3) is 0.0476. The van der Waals surface area contributed by atoms with Crippen molar-refractivity contribution in [1.29, 1.82) is 0 Å². The third-order valence-electron chi connectivity index (χ3n) is 4.66. The first-order valence-electron chi connectivity index (χ1n) is 9.03. The summed E-state index contributed by atoms with van der Waals surface area (Å²) in [4.78, 5) is 29.4. The van der Waals surface area contributed by atoms with Crippen LogP contribution in [0, 0.1) is 0 Å². The van der Waals surface area contributed by atoms with Crippen molar-refractivity contribution in [3.63, 3.8) is 0 Å². The van der Waals surface area contributed by atoms with Gasteiger partial charge in [0, 0.05) is 12.7 Å². The van der Waals surface area contributed by atoms with E-state index in [2.05, 4.69) is 15.3 Å². The summed E-state index contributed by atoms with van der Waals surface area (Å²) in [6, 6.07) is 19.5. The lowest BCUT2D eigenvalue weighted by Crippen LogP contribution is -2.28. The first-order chi connectivity index (χ1) is 14.4. The Morgan fingerprint density at radius 1 is 0.900 bits per heavy atom. The summed E-state index contributed by atoms with van der Waals surface area (Å²) >= 11 is 0. The van der Waals surface area contributed by atoms with E-state index in [1.165, 1.54) is 19.2 Å². The number of fused-ring (bicyclic) bond motifs is 1. The molecule has 0 bridgehead atoms. The summed E-state index contributed by atoms with van der Waals surface area (Å²) in [5.41, 5.74) is 1.70. The SMILES string of the molecule is CN(c1ccccc1)S(=O)(=O)c1ccccc1C(=O)Nc1ccc2[nH]c(=O)[nH]c2c1. The maximum Gasteiger partial charge on any atom is 0.323 e. The molecule has 0 radical (unpaired) electrons. The highest BCUT2D eigenvalue weighted by atomic mass is 32.2. The van der Waals surface area contributed by atoms with Gasteiger partial charge in [0.2, 0.25) is 0 Å². The Bertz CT molecular complexity index is 1390. The molecule has 4 aromatic rings. The van der Waals surface area contributed by atoms with Gasteiger partial charge >= 0.3 is 5.69 Å². The van der Waals surface area contributed by atoms with E-state index in [1.807, 2.05) is 0 Å². The van der Waals surface area contributed by atoms with Crippen molar-refractivity contribution in [3.8, 4) is 0 Å². The number of hydrogen-bond donors (Lipinski definition) is 3. The van der Waals surface area contributed by atoms with Crippen molar-refractivity contribution in [3.05, 3.63) is 88.8 Å². The lowest BCUT2D eigenvalue weighted by molar-refractivity contribution is 0.102. The Morgan fingerprint density at radius 3 is 2.33 bits per heavy atom. The monoisotopic (exact) mass is 422 g/mol. The minimum atomic E-state index is -3.97. The second-order valence-electron chi connectivity index (χ2n) is 6.60. The minimum absolute atomic E-state index is 0.0166. The van der Waals surface area contributed by atoms with Crippen LogP contribution in [0.15, 0.2) is 82.5 Å². The molecule has 0 aliphatic carbocycles. The summed E-state index contributed by atoms with van der Waals surface area (Å²) in [5.74, 6) is -0.576. The van der Waals surface area contributed by atoms with Gasteiger partial charge in [-0.2, -0.15) is 0 Å². The number of sulfonamides is 1. The maximum atomic E-state index is 13.2. The van der Waals surface area contributed by atoms with Gasteiger partial charge in [0.05, 0.1) is 22.3 Å². The lowest BCUT2D eigenvalue weighted by atomic mass is 10.2. The van der Waals surface area contributed by atoms with E-state index in [4.69, 9.17) is 0 Å². The van der Waals surface area contributed by atoms with Crippen LogP contribution in [0.1, 0.15) is 10.4 Å². The minimum Gasteiger partial charge on any atom is -0.322 e. The van der Waals surface area contributed by atoms with Gasteiger partial charge in [0.1, 0.15) is 4.90 Å². The van der Waals surface area contributed by atoms with Gasteiger partial charge in [-0.05, 0) is 42.5 Å². The molecule has 152 valence electrons. The van der Waals surface area contributed by atoms with Crippen LogP contribution < -0.4 is 15.3 Å². The van der Waals surface area contributed by atoms with Gasteiger partial charge in [-0.1, -0.05) is 30.3 Å². The third-order valence-corrected chi connectivity index (χ3v) is 6.51. The van der Waals surface area contributed by atoms with Crippen molar-refractivity contribution < 1.29 is 13.2 Å². The highest BCUT2D eigenvalue weighted by Crippen LogP contribution is 2.25. The molecule has 0 atom stereocenters. The van der Waals surface area contributed by atoms with Gasteiger partial charge in [0.15, 0.2) is 0 Å². The first kappa shape index (κ1) is 19.5. The molecule has 0 saturated carbocycles. The number of rotatable bonds is 5. The highest BCUT2D eigenvalue weighted by Gasteiger charge is 2.26. The molecule has 9 heteroatoms. The van der Waals surface area contributed by atoms with E-state index in [1.54, 1.807) is 60.7 Å². The van der Waals surface area contributed by atoms with Crippen molar-refractivity contribution in [2.45, 2.75) is 4.90 Å². The Kier molecular flexibility index (Phi) is 4.88. The van der Waals surface area contributed by atoms with E-state index in [9.17, 15) is 18.0 Å². The number of aromatic nitrogens is 2.